The summed E-state index contributed by atoms with van der Waals surface area (Å²) in [6.45, 7) is 9.93. The second kappa shape index (κ2) is 28.4. The van der Waals surface area contributed by atoms with Crippen LogP contribution in [0.2, 0.25) is 0 Å². The molecule has 0 unspecified atom stereocenters. The SMILES string of the molecule is CCCCCCCCCCCCCCCC=CNCCNCCNCCNCCN. The van der Waals surface area contributed by atoms with Crippen molar-refractivity contribution in [1.82, 2.24) is 21.3 Å². The van der Waals surface area contributed by atoms with E-state index in [2.05, 4.69) is 40.5 Å². The van der Waals surface area contributed by atoms with E-state index < -0.39 is 0 Å². The highest BCUT2D eigenvalue weighted by atomic mass is 15.0. The smallest absolute Gasteiger partial charge is 0.0266 e. The maximum absolute atomic E-state index is 5.43. The molecule has 0 bridgehead atoms. The highest BCUT2D eigenvalue weighted by Gasteiger charge is 1.93. The second-order valence-corrected chi connectivity index (χ2v) is 8.43. The highest BCUT2D eigenvalue weighted by molar-refractivity contribution is 4.79. The minimum atomic E-state index is 0.711. The van der Waals surface area contributed by atoms with Crippen LogP contribution in [0.1, 0.15) is 96.8 Å². The number of hydrogen-bond acceptors (Lipinski definition) is 5. The number of allylic oxidation sites excluding steroid dienone is 1. The maximum atomic E-state index is 5.43. The number of hydrogen-bond donors (Lipinski definition) is 5. The van der Waals surface area contributed by atoms with Gasteiger partial charge in [-0.25, -0.2) is 0 Å². The summed E-state index contributed by atoms with van der Waals surface area (Å²) in [7, 11) is 0. The zero-order valence-electron chi connectivity index (χ0n) is 20.3. The minimum absolute atomic E-state index is 0.711. The Morgan fingerprint density at radius 1 is 0.533 bits per heavy atom. The third-order valence-corrected chi connectivity index (χ3v) is 5.43. The van der Waals surface area contributed by atoms with E-state index in [0.29, 0.717) is 6.54 Å². The lowest BCUT2D eigenvalue weighted by Crippen LogP contribution is -2.35. The van der Waals surface area contributed by atoms with Crippen molar-refractivity contribution in [2.75, 3.05) is 52.4 Å². The van der Waals surface area contributed by atoms with Gasteiger partial charge in [0.05, 0.1) is 0 Å². The molecule has 0 amide bonds. The van der Waals surface area contributed by atoms with E-state index >= 15 is 0 Å². The Bertz CT molecular complexity index is 323. The summed E-state index contributed by atoms with van der Waals surface area (Å²) in [5, 5.41) is 13.5. The third-order valence-electron chi connectivity index (χ3n) is 5.43. The Hall–Kier alpha value is -0.620. The van der Waals surface area contributed by atoms with Crippen LogP contribution in [0.4, 0.5) is 0 Å². The van der Waals surface area contributed by atoms with Crippen molar-refractivity contribution in [2.24, 2.45) is 5.73 Å². The largest absolute Gasteiger partial charge is 0.390 e. The minimum Gasteiger partial charge on any atom is -0.390 e. The molecule has 180 valence electrons. The Labute approximate surface area is 188 Å². The second-order valence-electron chi connectivity index (χ2n) is 8.43. The van der Waals surface area contributed by atoms with Gasteiger partial charge in [-0.1, -0.05) is 90.0 Å². The van der Waals surface area contributed by atoms with Crippen LogP contribution >= 0.6 is 0 Å². The molecule has 6 N–H and O–H groups in total. The molecular weight excluding hydrogens is 370 g/mol. The topological polar surface area (TPSA) is 74.1 Å². The molecule has 30 heavy (non-hydrogen) atoms. The molecule has 0 atom stereocenters. The summed E-state index contributed by atoms with van der Waals surface area (Å²) < 4.78 is 0. The predicted molar refractivity (Wildman–Crippen MR) is 135 cm³/mol. The van der Waals surface area contributed by atoms with Crippen LogP contribution < -0.4 is 27.0 Å². The first-order valence-electron chi connectivity index (χ1n) is 13.1. The van der Waals surface area contributed by atoms with Crippen molar-refractivity contribution in [2.45, 2.75) is 96.8 Å². The molecule has 0 radical (unpaired) electrons. The van der Waals surface area contributed by atoms with Gasteiger partial charge in [0.15, 0.2) is 0 Å². The van der Waals surface area contributed by atoms with Crippen molar-refractivity contribution in [1.29, 1.82) is 0 Å². The Morgan fingerprint density at radius 3 is 1.47 bits per heavy atom. The molecule has 0 fully saturated rings. The standard InChI is InChI=1S/C25H55N5/c1-2-3-4-5-6-7-8-9-10-11-12-13-14-15-16-18-27-20-22-29-24-25-30-23-21-28-19-17-26/h16,18,27-30H,2-15,17,19-26H2,1H3. The van der Waals surface area contributed by atoms with Gasteiger partial charge in [0.2, 0.25) is 0 Å². The van der Waals surface area contributed by atoms with Crippen molar-refractivity contribution in [3.05, 3.63) is 12.3 Å². The van der Waals surface area contributed by atoms with E-state index in [4.69, 9.17) is 5.73 Å². The first-order chi connectivity index (χ1) is 14.9. The monoisotopic (exact) mass is 425 g/mol. The summed E-state index contributed by atoms with van der Waals surface area (Å²) in [5.74, 6) is 0. The Morgan fingerprint density at radius 2 is 0.967 bits per heavy atom. The summed E-state index contributed by atoms with van der Waals surface area (Å²) >= 11 is 0. The summed E-state index contributed by atoms with van der Waals surface area (Å²) in [6.07, 6.45) is 24.2. The van der Waals surface area contributed by atoms with Crippen LogP contribution in [0.15, 0.2) is 12.3 Å². The molecule has 0 spiro atoms. The summed E-state index contributed by atoms with van der Waals surface area (Å²) in [4.78, 5) is 0. The molecule has 0 rings (SSSR count). The van der Waals surface area contributed by atoms with Gasteiger partial charge in [-0.3, -0.25) is 0 Å². The first kappa shape index (κ1) is 29.4. The fourth-order valence-electron chi connectivity index (χ4n) is 3.52. The van der Waals surface area contributed by atoms with E-state index in [1.165, 1.54) is 89.9 Å². The van der Waals surface area contributed by atoms with Crippen molar-refractivity contribution in [3.8, 4) is 0 Å². The fraction of sp³-hybridized carbons (Fsp3) is 0.920. The van der Waals surface area contributed by atoms with Crippen LogP contribution in [-0.2, 0) is 0 Å². The molecule has 0 saturated heterocycles. The van der Waals surface area contributed by atoms with Crippen LogP contribution in [-0.4, -0.2) is 52.4 Å². The van der Waals surface area contributed by atoms with Crippen LogP contribution in [0.5, 0.6) is 0 Å². The third kappa shape index (κ3) is 27.4. The summed E-state index contributed by atoms with van der Waals surface area (Å²) in [5.41, 5.74) is 5.43. The van der Waals surface area contributed by atoms with Gasteiger partial charge in [-0.2, -0.15) is 0 Å². The van der Waals surface area contributed by atoms with E-state index in [0.717, 1.165) is 45.8 Å². The number of nitrogens with one attached hydrogen (secondary N) is 4. The van der Waals surface area contributed by atoms with Crippen LogP contribution in [0, 0.1) is 0 Å². The zero-order chi connectivity index (χ0) is 21.8. The zero-order valence-corrected chi connectivity index (χ0v) is 20.3. The number of unbranched alkanes of at least 4 members (excludes halogenated alkanes) is 13. The van der Waals surface area contributed by atoms with Gasteiger partial charge >= 0.3 is 0 Å². The van der Waals surface area contributed by atoms with E-state index in [1.54, 1.807) is 0 Å². The van der Waals surface area contributed by atoms with Crippen molar-refractivity contribution in [3.63, 3.8) is 0 Å². The lowest BCUT2D eigenvalue weighted by molar-refractivity contribution is 0.540. The van der Waals surface area contributed by atoms with E-state index in [9.17, 15) is 0 Å². The first-order valence-corrected chi connectivity index (χ1v) is 13.1. The quantitative estimate of drug-likeness (QED) is 0.134. The van der Waals surface area contributed by atoms with Crippen molar-refractivity contribution >= 4 is 0 Å². The van der Waals surface area contributed by atoms with Gasteiger partial charge < -0.3 is 27.0 Å². The van der Waals surface area contributed by atoms with Crippen molar-refractivity contribution < 1.29 is 0 Å². The Balaban J connectivity index is 3.06. The molecule has 0 aromatic heterocycles. The van der Waals surface area contributed by atoms with E-state index in [-0.39, 0.29) is 0 Å². The molecule has 0 aliphatic heterocycles. The average Bonchev–Trinajstić information content (AvgIpc) is 2.76. The lowest BCUT2D eigenvalue weighted by atomic mass is 10.0. The predicted octanol–water partition coefficient (Wildman–Crippen LogP) is 4.30. The summed E-state index contributed by atoms with van der Waals surface area (Å²) in [6, 6.07) is 0. The molecule has 0 aliphatic rings. The maximum Gasteiger partial charge on any atom is 0.0266 e. The molecular formula is C25H55N5. The van der Waals surface area contributed by atoms with Gasteiger partial charge in [0, 0.05) is 52.4 Å². The van der Waals surface area contributed by atoms with Gasteiger partial charge in [-0.15, -0.1) is 0 Å². The normalized spacial score (nSPS) is 11.5. The number of nitrogens with two attached hydrogens (primary N) is 1. The van der Waals surface area contributed by atoms with Crippen LogP contribution in [0.3, 0.4) is 0 Å². The van der Waals surface area contributed by atoms with E-state index in [1.807, 2.05) is 0 Å². The molecule has 5 heteroatoms. The molecule has 0 aromatic rings. The van der Waals surface area contributed by atoms with Gasteiger partial charge in [-0.05, 0) is 19.0 Å². The van der Waals surface area contributed by atoms with Crippen LogP contribution in [0.25, 0.3) is 0 Å². The molecule has 0 saturated carbocycles. The Kier molecular flexibility index (Phi) is 27.8. The molecule has 0 aromatic carbocycles. The molecule has 0 heterocycles. The average molecular weight is 426 g/mol. The lowest BCUT2D eigenvalue weighted by Gasteiger charge is -2.07. The van der Waals surface area contributed by atoms with Gasteiger partial charge in [0.1, 0.15) is 0 Å². The fourth-order valence-corrected chi connectivity index (χ4v) is 3.52. The molecule has 0 aliphatic carbocycles. The molecule has 5 nitrogen and oxygen atoms in total. The number of rotatable bonds is 26. The highest BCUT2D eigenvalue weighted by Crippen LogP contribution is 2.12. The van der Waals surface area contributed by atoms with Gasteiger partial charge in [0.25, 0.3) is 0 Å².